The highest BCUT2D eigenvalue weighted by Crippen LogP contribution is 2.28. The molecule has 0 aliphatic heterocycles. The van der Waals surface area contributed by atoms with Gasteiger partial charge in [0.1, 0.15) is 11.5 Å². The Morgan fingerprint density at radius 3 is 2.65 bits per heavy atom. The molecule has 104 valence electrons. The minimum absolute atomic E-state index is 0.576. The highest BCUT2D eigenvalue weighted by atomic mass is 16.3. The van der Waals surface area contributed by atoms with Gasteiger partial charge in [-0.3, -0.25) is 0 Å². The molecule has 4 nitrogen and oxygen atoms in total. The van der Waals surface area contributed by atoms with E-state index in [0.29, 0.717) is 12.1 Å². The van der Waals surface area contributed by atoms with Gasteiger partial charge >= 0.3 is 0 Å². The van der Waals surface area contributed by atoms with Crippen molar-refractivity contribution in [1.29, 1.82) is 5.26 Å². The highest BCUT2D eigenvalue weighted by Gasteiger charge is 2.14. The zero-order chi connectivity index (χ0) is 14.7. The molecular formula is C16H18N2O2. The van der Waals surface area contributed by atoms with E-state index in [9.17, 15) is 5.11 Å². The second-order valence-electron chi connectivity index (χ2n) is 4.93. The Balaban J connectivity index is 2.32. The Bertz CT molecular complexity index is 638. The van der Waals surface area contributed by atoms with Crippen molar-refractivity contribution in [2.45, 2.75) is 26.5 Å². The fourth-order valence-electron chi connectivity index (χ4n) is 2.19. The Kier molecular flexibility index (Phi) is 4.11. The van der Waals surface area contributed by atoms with Crippen LogP contribution < -0.4 is 4.90 Å². The second kappa shape index (κ2) is 5.81. The molecule has 1 aromatic carbocycles. The van der Waals surface area contributed by atoms with E-state index in [1.165, 1.54) is 0 Å². The van der Waals surface area contributed by atoms with Crippen LogP contribution in [0.1, 0.15) is 35.7 Å². The van der Waals surface area contributed by atoms with Gasteiger partial charge in [0.05, 0.1) is 24.3 Å². The third-order valence-corrected chi connectivity index (χ3v) is 3.21. The number of nitriles is 1. The summed E-state index contributed by atoms with van der Waals surface area (Å²) in [6.07, 6.45) is -0.585. The summed E-state index contributed by atoms with van der Waals surface area (Å²) < 4.78 is 5.56. The van der Waals surface area contributed by atoms with E-state index in [4.69, 9.17) is 9.68 Å². The lowest BCUT2D eigenvalue weighted by atomic mass is 10.0. The van der Waals surface area contributed by atoms with Crippen LogP contribution in [0.25, 0.3) is 0 Å². The van der Waals surface area contributed by atoms with Crippen molar-refractivity contribution < 1.29 is 9.52 Å². The van der Waals surface area contributed by atoms with Gasteiger partial charge < -0.3 is 14.4 Å². The first-order valence-electron chi connectivity index (χ1n) is 6.50. The Morgan fingerprint density at radius 1 is 1.35 bits per heavy atom. The minimum atomic E-state index is -0.585. The fourth-order valence-corrected chi connectivity index (χ4v) is 2.19. The first-order chi connectivity index (χ1) is 9.51. The van der Waals surface area contributed by atoms with Gasteiger partial charge in [0.15, 0.2) is 0 Å². The molecule has 20 heavy (non-hydrogen) atoms. The summed E-state index contributed by atoms with van der Waals surface area (Å²) in [6.45, 7) is 4.21. The van der Waals surface area contributed by atoms with Gasteiger partial charge in [-0.1, -0.05) is 6.07 Å². The molecule has 1 heterocycles. The van der Waals surface area contributed by atoms with Gasteiger partial charge in [-0.25, -0.2) is 0 Å². The molecule has 1 N–H and O–H groups in total. The van der Waals surface area contributed by atoms with Gasteiger partial charge in [0, 0.05) is 18.3 Å². The van der Waals surface area contributed by atoms with Crippen LogP contribution in [0, 0.1) is 18.3 Å². The molecule has 0 unspecified atom stereocenters. The van der Waals surface area contributed by atoms with E-state index >= 15 is 0 Å². The maximum Gasteiger partial charge on any atom is 0.123 e. The lowest BCUT2D eigenvalue weighted by Gasteiger charge is -2.23. The molecule has 0 aliphatic rings. The van der Waals surface area contributed by atoms with Crippen LogP contribution >= 0.6 is 0 Å². The van der Waals surface area contributed by atoms with Crippen molar-refractivity contribution >= 4 is 5.69 Å². The Labute approximate surface area is 118 Å². The summed E-state index contributed by atoms with van der Waals surface area (Å²) in [4.78, 5) is 1.97. The number of anilines is 1. The molecule has 0 amide bonds. The van der Waals surface area contributed by atoms with E-state index in [-0.39, 0.29) is 0 Å². The van der Waals surface area contributed by atoms with E-state index in [2.05, 4.69) is 6.07 Å². The van der Waals surface area contributed by atoms with Crippen LogP contribution in [0.15, 0.2) is 34.7 Å². The van der Waals surface area contributed by atoms with Crippen LogP contribution in [0.3, 0.4) is 0 Å². The van der Waals surface area contributed by atoms with Crippen molar-refractivity contribution in [2.24, 2.45) is 0 Å². The monoisotopic (exact) mass is 270 g/mol. The SMILES string of the molecule is Cc1ccc(CN(C)c2cc(C#N)ccc2[C@@H](C)O)o1. The molecule has 0 bridgehead atoms. The van der Waals surface area contributed by atoms with E-state index in [0.717, 1.165) is 22.8 Å². The van der Waals surface area contributed by atoms with Crippen LogP contribution in [-0.2, 0) is 6.54 Å². The Morgan fingerprint density at radius 2 is 2.10 bits per heavy atom. The van der Waals surface area contributed by atoms with Crippen LogP contribution in [-0.4, -0.2) is 12.2 Å². The van der Waals surface area contributed by atoms with Gasteiger partial charge in [0.2, 0.25) is 0 Å². The number of nitrogens with zero attached hydrogens (tertiary/aromatic N) is 2. The average molecular weight is 270 g/mol. The zero-order valence-electron chi connectivity index (χ0n) is 11.9. The summed E-state index contributed by atoms with van der Waals surface area (Å²) in [7, 11) is 1.92. The minimum Gasteiger partial charge on any atom is -0.464 e. The second-order valence-corrected chi connectivity index (χ2v) is 4.93. The van der Waals surface area contributed by atoms with Crippen molar-refractivity contribution in [3.63, 3.8) is 0 Å². The smallest absolute Gasteiger partial charge is 0.123 e. The number of aliphatic hydroxyl groups excluding tert-OH is 1. The van der Waals surface area contributed by atoms with Gasteiger partial charge in [-0.15, -0.1) is 0 Å². The van der Waals surface area contributed by atoms with Gasteiger partial charge in [-0.05, 0) is 38.1 Å². The number of hydrogen-bond acceptors (Lipinski definition) is 4. The molecule has 4 heteroatoms. The zero-order valence-corrected chi connectivity index (χ0v) is 11.9. The van der Waals surface area contributed by atoms with Crippen LogP contribution in [0.5, 0.6) is 0 Å². The summed E-state index contributed by atoms with van der Waals surface area (Å²) in [6, 6.07) is 11.3. The van der Waals surface area contributed by atoms with Gasteiger partial charge in [0.25, 0.3) is 0 Å². The molecule has 0 saturated heterocycles. The van der Waals surface area contributed by atoms with Crippen molar-refractivity contribution in [1.82, 2.24) is 0 Å². The van der Waals surface area contributed by atoms with Crippen molar-refractivity contribution in [3.8, 4) is 6.07 Å². The molecule has 0 fully saturated rings. The molecular weight excluding hydrogens is 252 g/mol. The van der Waals surface area contributed by atoms with E-state index in [1.54, 1.807) is 25.1 Å². The average Bonchev–Trinajstić information content (AvgIpc) is 2.83. The summed E-state index contributed by atoms with van der Waals surface area (Å²) in [5, 5.41) is 18.9. The highest BCUT2D eigenvalue weighted by molar-refractivity contribution is 5.58. The quantitative estimate of drug-likeness (QED) is 0.927. The molecule has 2 rings (SSSR count). The molecule has 1 atom stereocenters. The largest absolute Gasteiger partial charge is 0.464 e. The molecule has 1 aromatic heterocycles. The first kappa shape index (κ1) is 14.2. The summed E-state index contributed by atoms with van der Waals surface area (Å²) in [5.74, 6) is 1.72. The normalized spacial score (nSPS) is 11.9. The predicted octanol–water partition coefficient (Wildman–Crippen LogP) is 3.15. The third kappa shape index (κ3) is 3.01. The third-order valence-electron chi connectivity index (χ3n) is 3.21. The van der Waals surface area contributed by atoms with Crippen LogP contribution in [0.4, 0.5) is 5.69 Å². The topological polar surface area (TPSA) is 60.4 Å². The van der Waals surface area contributed by atoms with E-state index < -0.39 is 6.10 Å². The number of hydrogen-bond donors (Lipinski definition) is 1. The maximum absolute atomic E-state index is 9.85. The summed E-state index contributed by atoms with van der Waals surface area (Å²) in [5.41, 5.74) is 2.22. The number of rotatable bonds is 4. The number of aliphatic hydroxyl groups is 1. The molecule has 0 aliphatic carbocycles. The molecule has 0 saturated carbocycles. The first-order valence-corrected chi connectivity index (χ1v) is 6.50. The lowest BCUT2D eigenvalue weighted by molar-refractivity contribution is 0.199. The standard InChI is InChI=1S/C16H18N2O2/c1-11-4-6-14(20-11)10-18(3)16-8-13(9-17)5-7-15(16)12(2)19/h4-8,12,19H,10H2,1-3H3/t12-/m1/s1. The molecule has 0 spiro atoms. The molecule has 2 aromatic rings. The predicted molar refractivity (Wildman–Crippen MR) is 77.3 cm³/mol. The lowest BCUT2D eigenvalue weighted by Crippen LogP contribution is -2.18. The van der Waals surface area contributed by atoms with Crippen molar-refractivity contribution in [2.75, 3.05) is 11.9 Å². The Hall–Kier alpha value is -2.25. The van der Waals surface area contributed by atoms with Crippen LogP contribution in [0.2, 0.25) is 0 Å². The number of aryl methyl sites for hydroxylation is 1. The van der Waals surface area contributed by atoms with Crippen molar-refractivity contribution in [3.05, 3.63) is 53.0 Å². The summed E-state index contributed by atoms with van der Waals surface area (Å²) >= 11 is 0. The fraction of sp³-hybridized carbons (Fsp3) is 0.312. The maximum atomic E-state index is 9.85. The van der Waals surface area contributed by atoms with Gasteiger partial charge in [-0.2, -0.15) is 5.26 Å². The molecule has 0 radical (unpaired) electrons. The van der Waals surface area contributed by atoms with E-state index in [1.807, 2.05) is 31.0 Å². The number of benzene rings is 1. The number of furan rings is 1.